The highest BCUT2D eigenvalue weighted by molar-refractivity contribution is 5.94. The molecule has 0 aromatic heterocycles. The fourth-order valence-electron chi connectivity index (χ4n) is 2.47. The second-order valence-electron chi connectivity index (χ2n) is 6.50. The molecule has 2 N–H and O–H groups in total. The SMILES string of the molecule is CC(=O)Nc1ccc(NC(=O)COc2cccc(C(C)C)c2)c(C(F)(F)F)c1. The van der Waals surface area contributed by atoms with Crippen LogP contribution >= 0.6 is 0 Å². The lowest BCUT2D eigenvalue weighted by Crippen LogP contribution is -2.22. The van der Waals surface area contributed by atoms with Crippen LogP contribution in [0.4, 0.5) is 24.5 Å². The molecule has 0 aliphatic rings. The van der Waals surface area contributed by atoms with E-state index in [4.69, 9.17) is 4.74 Å². The number of hydrogen-bond donors (Lipinski definition) is 2. The predicted molar refractivity (Wildman–Crippen MR) is 100 cm³/mol. The minimum Gasteiger partial charge on any atom is -0.484 e. The monoisotopic (exact) mass is 394 g/mol. The lowest BCUT2D eigenvalue weighted by atomic mass is 10.0. The Hall–Kier alpha value is -3.03. The van der Waals surface area contributed by atoms with Gasteiger partial charge in [0.1, 0.15) is 5.75 Å². The molecule has 0 bridgehead atoms. The smallest absolute Gasteiger partial charge is 0.418 e. The molecule has 0 unspecified atom stereocenters. The van der Waals surface area contributed by atoms with Gasteiger partial charge in [-0.2, -0.15) is 13.2 Å². The molecular weight excluding hydrogens is 373 g/mol. The molecular formula is C20H21F3N2O3. The van der Waals surface area contributed by atoms with Crippen molar-refractivity contribution in [2.24, 2.45) is 0 Å². The van der Waals surface area contributed by atoms with Crippen LogP contribution in [-0.4, -0.2) is 18.4 Å². The number of halogens is 3. The highest BCUT2D eigenvalue weighted by atomic mass is 19.4. The summed E-state index contributed by atoms with van der Waals surface area (Å²) >= 11 is 0. The summed E-state index contributed by atoms with van der Waals surface area (Å²) in [5.41, 5.74) is -0.467. The summed E-state index contributed by atoms with van der Waals surface area (Å²) in [6.07, 6.45) is -4.70. The first-order chi connectivity index (χ1) is 13.1. The molecule has 5 nitrogen and oxygen atoms in total. The van der Waals surface area contributed by atoms with Crippen molar-refractivity contribution in [3.8, 4) is 5.75 Å². The first kappa shape index (κ1) is 21.3. The van der Waals surface area contributed by atoms with Crippen molar-refractivity contribution in [1.82, 2.24) is 0 Å². The Labute approximate surface area is 160 Å². The number of carbonyl (C=O) groups is 2. The first-order valence-electron chi connectivity index (χ1n) is 8.57. The Kier molecular flexibility index (Phi) is 6.66. The fourth-order valence-corrected chi connectivity index (χ4v) is 2.47. The van der Waals surface area contributed by atoms with Crippen LogP contribution in [0.25, 0.3) is 0 Å². The Bertz CT molecular complexity index is 864. The number of rotatable bonds is 6. The van der Waals surface area contributed by atoms with Crippen molar-refractivity contribution in [3.05, 3.63) is 53.6 Å². The van der Waals surface area contributed by atoms with Crippen molar-refractivity contribution in [1.29, 1.82) is 0 Å². The molecule has 0 aliphatic carbocycles. The fraction of sp³-hybridized carbons (Fsp3) is 0.300. The minimum absolute atomic E-state index is 0.0143. The lowest BCUT2D eigenvalue weighted by molar-refractivity contribution is -0.137. The Balaban J connectivity index is 2.10. The molecule has 150 valence electrons. The van der Waals surface area contributed by atoms with Gasteiger partial charge in [-0.05, 0) is 41.8 Å². The molecule has 2 amide bonds. The van der Waals surface area contributed by atoms with Crippen molar-refractivity contribution in [2.45, 2.75) is 32.9 Å². The topological polar surface area (TPSA) is 67.4 Å². The Morgan fingerprint density at radius 1 is 1.07 bits per heavy atom. The number of amides is 2. The number of carbonyl (C=O) groups excluding carboxylic acids is 2. The maximum atomic E-state index is 13.3. The molecule has 2 rings (SSSR count). The van der Waals surface area contributed by atoms with E-state index >= 15 is 0 Å². The summed E-state index contributed by atoms with van der Waals surface area (Å²) < 4.78 is 45.3. The zero-order valence-corrected chi connectivity index (χ0v) is 15.7. The second-order valence-corrected chi connectivity index (χ2v) is 6.50. The summed E-state index contributed by atoms with van der Waals surface area (Å²) in [6.45, 7) is 4.77. The van der Waals surface area contributed by atoms with Gasteiger partial charge in [-0.1, -0.05) is 26.0 Å². The van der Waals surface area contributed by atoms with E-state index in [9.17, 15) is 22.8 Å². The molecule has 0 fully saturated rings. The lowest BCUT2D eigenvalue weighted by Gasteiger charge is -2.16. The van der Waals surface area contributed by atoms with E-state index in [0.717, 1.165) is 17.7 Å². The zero-order valence-electron chi connectivity index (χ0n) is 15.7. The van der Waals surface area contributed by atoms with Gasteiger partial charge in [0.25, 0.3) is 5.91 Å². The molecule has 8 heteroatoms. The molecule has 0 atom stereocenters. The predicted octanol–water partition coefficient (Wildman–Crippen LogP) is 4.80. The van der Waals surface area contributed by atoms with Crippen LogP contribution in [-0.2, 0) is 15.8 Å². The number of alkyl halides is 3. The third-order valence-corrected chi connectivity index (χ3v) is 3.81. The van der Waals surface area contributed by atoms with E-state index in [0.29, 0.717) is 5.75 Å². The molecule has 0 radical (unpaired) electrons. The van der Waals surface area contributed by atoms with Crippen LogP contribution in [0.5, 0.6) is 5.75 Å². The van der Waals surface area contributed by atoms with Crippen LogP contribution < -0.4 is 15.4 Å². The van der Waals surface area contributed by atoms with E-state index < -0.39 is 35.8 Å². The molecule has 0 saturated carbocycles. The van der Waals surface area contributed by atoms with Gasteiger partial charge in [0, 0.05) is 12.6 Å². The maximum absolute atomic E-state index is 13.3. The standard InChI is InChI=1S/C20H21F3N2O3/c1-12(2)14-5-4-6-16(9-14)28-11-19(27)25-18-8-7-15(24-13(3)26)10-17(18)20(21,22)23/h4-10,12H,11H2,1-3H3,(H,24,26)(H,25,27). The van der Waals surface area contributed by atoms with E-state index in [1.54, 1.807) is 18.2 Å². The molecule has 0 saturated heterocycles. The number of hydrogen-bond acceptors (Lipinski definition) is 3. The average Bonchev–Trinajstić information content (AvgIpc) is 2.60. The Morgan fingerprint density at radius 2 is 1.79 bits per heavy atom. The van der Waals surface area contributed by atoms with Crippen molar-refractivity contribution in [3.63, 3.8) is 0 Å². The van der Waals surface area contributed by atoms with Crippen molar-refractivity contribution in [2.75, 3.05) is 17.2 Å². The largest absolute Gasteiger partial charge is 0.484 e. The first-order valence-corrected chi connectivity index (χ1v) is 8.57. The molecule has 0 spiro atoms. The van der Waals surface area contributed by atoms with Gasteiger partial charge in [0.05, 0.1) is 11.3 Å². The van der Waals surface area contributed by atoms with Gasteiger partial charge in [-0.15, -0.1) is 0 Å². The van der Waals surface area contributed by atoms with Crippen LogP contribution in [0, 0.1) is 0 Å². The molecule has 0 heterocycles. The van der Waals surface area contributed by atoms with Gasteiger partial charge in [-0.3, -0.25) is 9.59 Å². The normalized spacial score (nSPS) is 11.2. The Morgan fingerprint density at radius 3 is 2.39 bits per heavy atom. The van der Waals surface area contributed by atoms with Crippen LogP contribution in [0.3, 0.4) is 0 Å². The summed E-state index contributed by atoms with van der Waals surface area (Å²) in [4.78, 5) is 23.1. The number of nitrogens with one attached hydrogen (secondary N) is 2. The quantitative estimate of drug-likeness (QED) is 0.739. The zero-order chi connectivity index (χ0) is 20.9. The summed E-state index contributed by atoms with van der Waals surface area (Å²) in [5, 5.41) is 4.49. The summed E-state index contributed by atoms with van der Waals surface area (Å²) in [5.74, 6) is -0.498. The van der Waals surface area contributed by atoms with Gasteiger partial charge in [0.15, 0.2) is 6.61 Å². The highest BCUT2D eigenvalue weighted by Gasteiger charge is 2.34. The maximum Gasteiger partial charge on any atom is 0.418 e. The van der Waals surface area contributed by atoms with Crippen molar-refractivity contribution >= 4 is 23.2 Å². The molecule has 2 aromatic rings. The van der Waals surface area contributed by atoms with E-state index in [-0.39, 0.29) is 11.6 Å². The average molecular weight is 394 g/mol. The van der Waals surface area contributed by atoms with Crippen LogP contribution in [0.1, 0.15) is 37.8 Å². The third-order valence-electron chi connectivity index (χ3n) is 3.81. The molecule has 0 aliphatic heterocycles. The van der Waals surface area contributed by atoms with E-state index in [1.807, 2.05) is 19.9 Å². The summed E-state index contributed by atoms with van der Waals surface area (Å²) in [6, 6.07) is 10.3. The van der Waals surface area contributed by atoms with E-state index in [2.05, 4.69) is 10.6 Å². The van der Waals surface area contributed by atoms with Gasteiger partial charge < -0.3 is 15.4 Å². The number of anilines is 2. The minimum atomic E-state index is -4.70. The van der Waals surface area contributed by atoms with Crippen LogP contribution in [0.2, 0.25) is 0 Å². The highest BCUT2D eigenvalue weighted by Crippen LogP contribution is 2.36. The summed E-state index contributed by atoms with van der Waals surface area (Å²) in [7, 11) is 0. The van der Waals surface area contributed by atoms with E-state index in [1.165, 1.54) is 13.0 Å². The number of ether oxygens (including phenoxy) is 1. The van der Waals surface area contributed by atoms with Crippen molar-refractivity contribution < 1.29 is 27.5 Å². The molecule has 28 heavy (non-hydrogen) atoms. The molecule has 2 aromatic carbocycles. The van der Waals surface area contributed by atoms with Gasteiger partial charge >= 0.3 is 6.18 Å². The van der Waals surface area contributed by atoms with Gasteiger partial charge in [-0.25, -0.2) is 0 Å². The third kappa shape index (κ3) is 6.00. The van der Waals surface area contributed by atoms with Crippen LogP contribution in [0.15, 0.2) is 42.5 Å². The second kappa shape index (κ2) is 8.77. The number of benzene rings is 2. The van der Waals surface area contributed by atoms with Gasteiger partial charge in [0.2, 0.25) is 5.91 Å².